The van der Waals surface area contributed by atoms with Gasteiger partial charge >= 0.3 is 0 Å². The maximum atomic E-state index is 13.0. The molecule has 1 aliphatic rings. The Labute approximate surface area is 148 Å². The number of sulfonamides is 1. The second-order valence-corrected chi connectivity index (χ2v) is 8.01. The maximum Gasteiger partial charge on any atom is 0.264 e. The van der Waals surface area contributed by atoms with E-state index in [0.29, 0.717) is 25.2 Å². The Balaban J connectivity index is 1.92. The van der Waals surface area contributed by atoms with Crippen LogP contribution in [0.25, 0.3) is 0 Å². The van der Waals surface area contributed by atoms with Gasteiger partial charge in [-0.3, -0.25) is 9.10 Å². The summed E-state index contributed by atoms with van der Waals surface area (Å²) >= 11 is 0. The molecule has 1 fully saturated rings. The van der Waals surface area contributed by atoms with Crippen molar-refractivity contribution in [3.05, 3.63) is 54.1 Å². The van der Waals surface area contributed by atoms with Crippen molar-refractivity contribution in [3.8, 4) is 0 Å². The molecule has 0 bridgehead atoms. The third-order valence-corrected chi connectivity index (χ3v) is 6.30. The molecule has 132 valence electrons. The first kappa shape index (κ1) is 17.5. The predicted octanol–water partition coefficient (Wildman–Crippen LogP) is 3.34. The highest BCUT2D eigenvalue weighted by Gasteiger charge is 2.25. The van der Waals surface area contributed by atoms with Gasteiger partial charge in [0.25, 0.3) is 10.0 Å². The van der Waals surface area contributed by atoms with Crippen molar-refractivity contribution in [1.29, 1.82) is 0 Å². The van der Waals surface area contributed by atoms with Crippen LogP contribution >= 0.6 is 0 Å². The maximum absolute atomic E-state index is 13.0. The molecule has 6 heteroatoms. The molecule has 0 aliphatic carbocycles. The van der Waals surface area contributed by atoms with E-state index in [4.69, 9.17) is 0 Å². The molecular formula is C19H22N2O3S. The molecule has 1 aliphatic heterocycles. The zero-order chi connectivity index (χ0) is 18.0. The van der Waals surface area contributed by atoms with Gasteiger partial charge in [-0.15, -0.1) is 0 Å². The fourth-order valence-corrected chi connectivity index (χ4v) is 4.59. The molecule has 0 radical (unpaired) electrons. The molecule has 0 saturated carbocycles. The van der Waals surface area contributed by atoms with Gasteiger partial charge < -0.3 is 4.90 Å². The highest BCUT2D eigenvalue weighted by Crippen LogP contribution is 2.27. The van der Waals surface area contributed by atoms with E-state index in [0.717, 1.165) is 17.7 Å². The predicted molar refractivity (Wildman–Crippen MR) is 99.4 cm³/mol. The van der Waals surface area contributed by atoms with Crippen molar-refractivity contribution < 1.29 is 13.2 Å². The fraction of sp³-hybridized carbons (Fsp3) is 0.316. The first-order valence-corrected chi connectivity index (χ1v) is 9.87. The molecule has 0 unspecified atom stereocenters. The molecule has 25 heavy (non-hydrogen) atoms. The lowest BCUT2D eigenvalue weighted by molar-refractivity contribution is -0.117. The summed E-state index contributed by atoms with van der Waals surface area (Å²) in [4.78, 5) is 13.8. The molecule has 0 spiro atoms. The van der Waals surface area contributed by atoms with E-state index in [1.54, 1.807) is 35.2 Å². The van der Waals surface area contributed by atoms with E-state index >= 15 is 0 Å². The number of carbonyl (C=O) groups excluding carboxylic acids is 1. The first-order chi connectivity index (χ1) is 11.9. The van der Waals surface area contributed by atoms with Gasteiger partial charge in [-0.05, 0) is 62.2 Å². The average molecular weight is 358 g/mol. The first-order valence-electron chi connectivity index (χ1n) is 8.43. The Kier molecular flexibility index (Phi) is 4.81. The summed E-state index contributed by atoms with van der Waals surface area (Å²) in [6.07, 6.45) is 1.40. The van der Waals surface area contributed by atoms with Crippen molar-refractivity contribution in [2.45, 2.75) is 31.6 Å². The fourth-order valence-electron chi connectivity index (χ4n) is 3.12. The number of anilines is 2. The van der Waals surface area contributed by atoms with E-state index in [-0.39, 0.29) is 10.8 Å². The molecule has 1 saturated heterocycles. The zero-order valence-electron chi connectivity index (χ0n) is 14.5. The number of rotatable bonds is 5. The molecule has 1 heterocycles. The van der Waals surface area contributed by atoms with Crippen LogP contribution < -0.4 is 9.21 Å². The van der Waals surface area contributed by atoms with E-state index in [2.05, 4.69) is 0 Å². The largest absolute Gasteiger partial charge is 0.312 e. The minimum Gasteiger partial charge on any atom is -0.312 e. The molecule has 0 N–H and O–H groups in total. The molecule has 3 rings (SSSR count). The van der Waals surface area contributed by atoms with Gasteiger partial charge in [-0.2, -0.15) is 0 Å². The smallest absolute Gasteiger partial charge is 0.264 e. The molecular weight excluding hydrogens is 336 g/mol. The zero-order valence-corrected chi connectivity index (χ0v) is 15.3. The molecule has 1 amide bonds. The Morgan fingerprint density at radius 3 is 2.40 bits per heavy atom. The average Bonchev–Trinajstić information content (AvgIpc) is 3.01. The number of carbonyl (C=O) groups is 1. The quantitative estimate of drug-likeness (QED) is 0.824. The van der Waals surface area contributed by atoms with Crippen molar-refractivity contribution in [3.63, 3.8) is 0 Å². The highest BCUT2D eigenvalue weighted by atomic mass is 32.2. The van der Waals surface area contributed by atoms with Gasteiger partial charge in [0.1, 0.15) is 0 Å². The Morgan fingerprint density at radius 2 is 1.84 bits per heavy atom. The summed E-state index contributed by atoms with van der Waals surface area (Å²) in [6, 6.07) is 14.0. The molecule has 0 aromatic heterocycles. The topological polar surface area (TPSA) is 57.7 Å². The van der Waals surface area contributed by atoms with Crippen molar-refractivity contribution in [2.24, 2.45) is 0 Å². The molecule has 2 aromatic rings. The molecule has 5 nitrogen and oxygen atoms in total. The summed E-state index contributed by atoms with van der Waals surface area (Å²) < 4.78 is 27.4. The van der Waals surface area contributed by atoms with Crippen LogP contribution in [0.1, 0.15) is 25.3 Å². The lowest BCUT2D eigenvalue weighted by Gasteiger charge is -2.24. The van der Waals surface area contributed by atoms with Gasteiger partial charge in [-0.25, -0.2) is 8.42 Å². The van der Waals surface area contributed by atoms with Crippen LogP contribution in [0.3, 0.4) is 0 Å². The Bertz CT molecular complexity index is 876. The minimum absolute atomic E-state index is 0.0885. The van der Waals surface area contributed by atoms with Crippen LogP contribution in [-0.2, 0) is 14.8 Å². The van der Waals surface area contributed by atoms with Gasteiger partial charge in [-0.1, -0.05) is 12.1 Å². The third-order valence-electron chi connectivity index (χ3n) is 4.39. The number of benzene rings is 2. The van der Waals surface area contributed by atoms with Gasteiger partial charge in [0.15, 0.2) is 0 Å². The van der Waals surface area contributed by atoms with Crippen LogP contribution in [0, 0.1) is 6.92 Å². The number of aryl methyl sites for hydroxylation is 1. The highest BCUT2D eigenvalue weighted by molar-refractivity contribution is 7.92. The number of nitrogens with zero attached hydrogens (tertiary/aromatic N) is 2. The lowest BCUT2D eigenvalue weighted by Crippen LogP contribution is -2.31. The third kappa shape index (κ3) is 3.39. The van der Waals surface area contributed by atoms with Crippen LogP contribution in [0.2, 0.25) is 0 Å². The lowest BCUT2D eigenvalue weighted by atomic mass is 10.2. The summed E-state index contributed by atoms with van der Waals surface area (Å²) in [5, 5.41) is 0. The van der Waals surface area contributed by atoms with Gasteiger partial charge in [0.2, 0.25) is 5.91 Å². The van der Waals surface area contributed by atoms with Crippen LogP contribution in [0.5, 0.6) is 0 Å². The number of amides is 1. The second-order valence-electron chi connectivity index (χ2n) is 6.15. The van der Waals surface area contributed by atoms with Crippen molar-refractivity contribution >= 4 is 27.3 Å². The van der Waals surface area contributed by atoms with E-state index < -0.39 is 10.0 Å². The molecule has 2 aromatic carbocycles. The minimum atomic E-state index is -3.64. The SMILES string of the molecule is CCN(c1cccc(C)c1)S(=O)(=O)c1ccc(N2CCCC2=O)cc1. The normalized spacial score (nSPS) is 14.8. The van der Waals surface area contributed by atoms with Gasteiger partial charge in [0.05, 0.1) is 10.6 Å². The Hall–Kier alpha value is -2.34. The van der Waals surface area contributed by atoms with Crippen molar-refractivity contribution in [1.82, 2.24) is 0 Å². The van der Waals surface area contributed by atoms with E-state index in [1.807, 2.05) is 32.0 Å². The van der Waals surface area contributed by atoms with E-state index in [9.17, 15) is 13.2 Å². The summed E-state index contributed by atoms with van der Waals surface area (Å²) in [6.45, 7) is 4.79. The summed E-state index contributed by atoms with van der Waals surface area (Å²) in [5.74, 6) is 0.0885. The summed E-state index contributed by atoms with van der Waals surface area (Å²) in [7, 11) is -3.64. The van der Waals surface area contributed by atoms with Gasteiger partial charge in [0, 0.05) is 25.2 Å². The second kappa shape index (κ2) is 6.88. The van der Waals surface area contributed by atoms with E-state index in [1.165, 1.54) is 4.31 Å². The van der Waals surface area contributed by atoms with Crippen LogP contribution in [0.15, 0.2) is 53.4 Å². The van der Waals surface area contributed by atoms with Crippen LogP contribution in [0.4, 0.5) is 11.4 Å². The van der Waals surface area contributed by atoms with Crippen LogP contribution in [-0.4, -0.2) is 27.4 Å². The standard InChI is InChI=1S/C19H22N2O3S/c1-3-21(17-7-4-6-15(2)14-17)25(23,24)18-11-9-16(10-12-18)20-13-5-8-19(20)22/h4,6-7,9-12,14H,3,5,8,13H2,1-2H3. The molecule has 0 atom stereocenters. The number of hydrogen-bond donors (Lipinski definition) is 0. The number of hydrogen-bond acceptors (Lipinski definition) is 3. The summed E-state index contributed by atoms with van der Waals surface area (Å²) in [5.41, 5.74) is 2.41. The van der Waals surface area contributed by atoms with Crippen molar-refractivity contribution in [2.75, 3.05) is 22.3 Å². The Morgan fingerprint density at radius 1 is 1.12 bits per heavy atom. The monoisotopic (exact) mass is 358 g/mol.